The third-order valence-corrected chi connectivity index (χ3v) is 5.45. The van der Waals surface area contributed by atoms with Gasteiger partial charge in [-0.05, 0) is 43.2 Å². The number of benzene rings is 1. The Morgan fingerprint density at radius 1 is 1.00 bits per heavy atom. The van der Waals surface area contributed by atoms with Gasteiger partial charge in [-0.3, -0.25) is 4.79 Å². The lowest BCUT2D eigenvalue weighted by molar-refractivity contribution is 0.0211. The Balaban J connectivity index is 2.45. The van der Waals surface area contributed by atoms with Crippen molar-refractivity contribution < 1.29 is 15.0 Å². The zero-order chi connectivity index (χ0) is 20.1. The number of aliphatic hydroxyl groups is 1. The van der Waals surface area contributed by atoms with Crippen molar-refractivity contribution in [2.24, 2.45) is 5.92 Å². The average molecular weight is 362 g/mol. The lowest BCUT2D eigenvalue weighted by Gasteiger charge is -2.29. The zero-order valence-corrected chi connectivity index (χ0v) is 17.6. The van der Waals surface area contributed by atoms with Crippen molar-refractivity contribution >= 4 is 5.91 Å². The highest BCUT2D eigenvalue weighted by Crippen LogP contribution is 2.40. The largest absolute Gasteiger partial charge is 0.507 e. The molecule has 1 atom stereocenters. The molecule has 1 saturated heterocycles. The maximum atomic E-state index is 13.2. The minimum Gasteiger partial charge on any atom is -0.507 e. The number of likely N-dealkylation sites (tertiary alicyclic amines) is 1. The van der Waals surface area contributed by atoms with Gasteiger partial charge in [-0.15, -0.1) is 0 Å². The van der Waals surface area contributed by atoms with Crippen LogP contribution >= 0.6 is 0 Å². The first-order valence-corrected chi connectivity index (χ1v) is 9.52. The Bertz CT molecular complexity index is 652. The van der Waals surface area contributed by atoms with Gasteiger partial charge in [-0.1, -0.05) is 41.5 Å². The van der Waals surface area contributed by atoms with E-state index in [0.717, 1.165) is 17.5 Å². The molecule has 1 aliphatic rings. The van der Waals surface area contributed by atoms with Crippen LogP contribution in [0, 0.1) is 5.92 Å². The minimum absolute atomic E-state index is 0.0206. The highest BCUT2D eigenvalue weighted by molar-refractivity contribution is 5.95. The second-order valence-corrected chi connectivity index (χ2v) is 10.3. The third kappa shape index (κ3) is 4.22. The Kier molecular flexibility index (Phi) is 5.24. The molecule has 1 aliphatic heterocycles. The van der Waals surface area contributed by atoms with Gasteiger partial charge in [0.1, 0.15) is 5.75 Å². The number of nitrogens with zero attached hydrogens (tertiary/aromatic N) is 1. The highest BCUT2D eigenvalue weighted by Gasteiger charge is 2.36. The van der Waals surface area contributed by atoms with Gasteiger partial charge in [0.15, 0.2) is 0 Å². The summed E-state index contributed by atoms with van der Waals surface area (Å²) in [5, 5.41) is 21.1. The van der Waals surface area contributed by atoms with Crippen LogP contribution in [0.1, 0.15) is 83.3 Å². The summed E-state index contributed by atoms with van der Waals surface area (Å²) >= 11 is 0. The summed E-state index contributed by atoms with van der Waals surface area (Å²) in [5.41, 5.74) is 0.908. The smallest absolute Gasteiger partial charge is 0.253 e. The normalized spacial score (nSPS) is 19.1. The van der Waals surface area contributed by atoms with E-state index in [4.69, 9.17) is 0 Å². The second kappa shape index (κ2) is 6.56. The molecule has 0 spiro atoms. The number of rotatable bonds is 2. The Morgan fingerprint density at radius 2 is 1.46 bits per heavy atom. The predicted octanol–water partition coefficient (Wildman–Crippen LogP) is 4.22. The molecule has 4 heteroatoms. The van der Waals surface area contributed by atoms with Crippen LogP contribution in [-0.4, -0.2) is 39.7 Å². The summed E-state index contributed by atoms with van der Waals surface area (Å²) in [5.74, 6) is 0.359. The zero-order valence-electron chi connectivity index (χ0n) is 17.6. The van der Waals surface area contributed by atoms with Crippen molar-refractivity contribution in [2.45, 2.75) is 78.2 Å². The number of amides is 1. The number of carbonyl (C=O) groups excluding carboxylic acids is 1. The molecule has 26 heavy (non-hydrogen) atoms. The summed E-state index contributed by atoms with van der Waals surface area (Å²) in [6.07, 6.45) is 0.811. The van der Waals surface area contributed by atoms with Gasteiger partial charge in [0.05, 0.1) is 5.60 Å². The summed E-state index contributed by atoms with van der Waals surface area (Å²) in [6.45, 7) is 17.1. The van der Waals surface area contributed by atoms with E-state index in [9.17, 15) is 15.0 Å². The van der Waals surface area contributed by atoms with E-state index in [-0.39, 0.29) is 28.4 Å². The van der Waals surface area contributed by atoms with Crippen molar-refractivity contribution in [3.63, 3.8) is 0 Å². The molecule has 0 saturated carbocycles. The van der Waals surface area contributed by atoms with Crippen molar-refractivity contribution in [1.29, 1.82) is 0 Å². The lowest BCUT2D eigenvalue weighted by atomic mass is 9.78. The van der Waals surface area contributed by atoms with Crippen LogP contribution in [0.5, 0.6) is 5.75 Å². The van der Waals surface area contributed by atoms with E-state index >= 15 is 0 Å². The lowest BCUT2D eigenvalue weighted by Crippen LogP contribution is -2.35. The molecule has 1 aromatic carbocycles. The number of phenolic OH excluding ortho intramolecular Hbond substituents is 1. The van der Waals surface area contributed by atoms with Crippen LogP contribution in [-0.2, 0) is 10.8 Å². The van der Waals surface area contributed by atoms with E-state index < -0.39 is 5.60 Å². The van der Waals surface area contributed by atoms with Gasteiger partial charge in [0.25, 0.3) is 5.91 Å². The Labute approximate surface area is 158 Å². The molecule has 0 unspecified atom stereocenters. The number of hydrogen-bond donors (Lipinski definition) is 2. The van der Waals surface area contributed by atoms with Crippen LogP contribution in [0.15, 0.2) is 12.1 Å². The monoisotopic (exact) mass is 361 g/mol. The Hall–Kier alpha value is -1.55. The number of carbonyl (C=O) groups is 1. The molecule has 4 nitrogen and oxygen atoms in total. The van der Waals surface area contributed by atoms with Crippen molar-refractivity contribution in [2.75, 3.05) is 13.1 Å². The maximum absolute atomic E-state index is 13.2. The van der Waals surface area contributed by atoms with Gasteiger partial charge in [-0.2, -0.15) is 0 Å². The van der Waals surface area contributed by atoms with Gasteiger partial charge >= 0.3 is 0 Å². The van der Waals surface area contributed by atoms with E-state index in [1.54, 1.807) is 0 Å². The fraction of sp³-hybridized carbons (Fsp3) is 0.682. The molecule has 0 radical (unpaired) electrons. The quantitative estimate of drug-likeness (QED) is 0.829. The topological polar surface area (TPSA) is 60.8 Å². The minimum atomic E-state index is -0.781. The molecule has 2 rings (SSSR count). The first-order valence-electron chi connectivity index (χ1n) is 9.52. The molecule has 0 aromatic heterocycles. The van der Waals surface area contributed by atoms with E-state index in [2.05, 4.69) is 0 Å². The van der Waals surface area contributed by atoms with Crippen LogP contribution in [0.25, 0.3) is 0 Å². The van der Waals surface area contributed by atoms with Crippen molar-refractivity contribution in [1.82, 2.24) is 4.90 Å². The summed E-state index contributed by atoms with van der Waals surface area (Å²) in [6, 6.07) is 3.68. The molecule has 2 N–H and O–H groups in total. The third-order valence-electron chi connectivity index (χ3n) is 5.45. The van der Waals surface area contributed by atoms with Crippen molar-refractivity contribution in [3.05, 3.63) is 28.8 Å². The fourth-order valence-corrected chi connectivity index (χ4v) is 3.61. The van der Waals surface area contributed by atoms with Crippen LogP contribution < -0.4 is 0 Å². The standard InChI is InChI=1S/C22H35NO3/c1-20(2,3)16-11-14(12-17(18(16)24)21(4,5)6)19(25)23-10-9-15(13-23)22(7,8)26/h11-12,15,24,26H,9-10,13H2,1-8H3/t15-/m1/s1. The average Bonchev–Trinajstić information content (AvgIpc) is 2.94. The first kappa shape index (κ1) is 20.8. The molecule has 0 bridgehead atoms. The molecule has 1 heterocycles. The molecular weight excluding hydrogens is 326 g/mol. The van der Waals surface area contributed by atoms with E-state index in [0.29, 0.717) is 18.7 Å². The Morgan fingerprint density at radius 3 is 1.81 bits per heavy atom. The van der Waals surface area contributed by atoms with Gasteiger partial charge in [0, 0.05) is 35.7 Å². The second-order valence-electron chi connectivity index (χ2n) is 10.3. The van der Waals surface area contributed by atoms with Crippen molar-refractivity contribution in [3.8, 4) is 5.75 Å². The SMILES string of the molecule is CC(C)(C)c1cc(C(=O)N2CC[C@@H](C(C)(C)O)C2)cc(C(C)(C)C)c1O. The van der Waals surface area contributed by atoms with Gasteiger partial charge in [0.2, 0.25) is 0 Å². The van der Waals surface area contributed by atoms with E-state index in [1.165, 1.54) is 0 Å². The molecule has 1 amide bonds. The van der Waals surface area contributed by atoms with E-state index in [1.807, 2.05) is 72.4 Å². The van der Waals surface area contributed by atoms with Crippen LogP contribution in [0.3, 0.4) is 0 Å². The number of aromatic hydroxyl groups is 1. The molecule has 1 fully saturated rings. The summed E-state index contributed by atoms with van der Waals surface area (Å²) in [7, 11) is 0. The first-order chi connectivity index (χ1) is 11.6. The summed E-state index contributed by atoms with van der Waals surface area (Å²) < 4.78 is 0. The van der Waals surface area contributed by atoms with Crippen LogP contribution in [0.2, 0.25) is 0 Å². The summed E-state index contributed by atoms with van der Waals surface area (Å²) in [4.78, 5) is 15.0. The van der Waals surface area contributed by atoms with Gasteiger partial charge < -0.3 is 15.1 Å². The molecule has 146 valence electrons. The van der Waals surface area contributed by atoms with Gasteiger partial charge in [-0.25, -0.2) is 0 Å². The molecule has 1 aromatic rings. The highest BCUT2D eigenvalue weighted by atomic mass is 16.3. The predicted molar refractivity (Wildman–Crippen MR) is 106 cm³/mol. The maximum Gasteiger partial charge on any atom is 0.253 e. The van der Waals surface area contributed by atoms with Crippen LogP contribution in [0.4, 0.5) is 0 Å². The molecule has 0 aliphatic carbocycles. The molecular formula is C22H35NO3. The number of hydrogen-bond acceptors (Lipinski definition) is 3. The number of phenols is 1. The fourth-order valence-electron chi connectivity index (χ4n) is 3.61.